The summed E-state index contributed by atoms with van der Waals surface area (Å²) in [6, 6.07) is 0.0493. The summed E-state index contributed by atoms with van der Waals surface area (Å²) in [5.41, 5.74) is 0. The molecule has 104 valence electrons. The van der Waals surface area contributed by atoms with Gasteiger partial charge in [0.2, 0.25) is 0 Å². The van der Waals surface area contributed by atoms with Crippen LogP contribution >= 0.6 is 0 Å². The Labute approximate surface area is 106 Å². The highest BCUT2D eigenvalue weighted by molar-refractivity contribution is 5.74. The zero-order valence-electron chi connectivity index (χ0n) is 10.6. The van der Waals surface area contributed by atoms with Crippen LogP contribution < -0.4 is 10.6 Å². The molecule has 0 radical (unpaired) electrons. The van der Waals surface area contributed by atoms with E-state index in [4.69, 9.17) is 10.2 Å². The lowest BCUT2D eigenvalue weighted by Crippen LogP contribution is -2.43. The molecule has 0 aromatic heterocycles. The number of likely N-dealkylation sites (tertiary alicyclic amines) is 1. The Morgan fingerprint density at radius 2 is 2.17 bits per heavy atom. The van der Waals surface area contributed by atoms with Crippen molar-refractivity contribution in [3.8, 4) is 0 Å². The van der Waals surface area contributed by atoms with E-state index in [1.807, 2.05) is 7.05 Å². The first-order valence-corrected chi connectivity index (χ1v) is 6.13. The first-order valence-electron chi connectivity index (χ1n) is 6.13. The van der Waals surface area contributed by atoms with Gasteiger partial charge in [0, 0.05) is 25.6 Å². The maximum Gasteiger partial charge on any atom is 0.332 e. The molecule has 1 fully saturated rings. The average Bonchev–Trinajstić information content (AvgIpc) is 2.72. The van der Waals surface area contributed by atoms with Gasteiger partial charge in [-0.15, -0.1) is 0 Å². The lowest BCUT2D eigenvalue weighted by molar-refractivity contribution is -0.146. The zero-order chi connectivity index (χ0) is 13.5. The normalized spacial score (nSPS) is 21.6. The summed E-state index contributed by atoms with van der Waals surface area (Å²) in [5.74, 6) is -1.27. The van der Waals surface area contributed by atoms with Crippen molar-refractivity contribution < 1.29 is 19.8 Å². The number of aliphatic hydroxyl groups is 1. The second-order valence-electron chi connectivity index (χ2n) is 4.56. The number of urea groups is 1. The summed E-state index contributed by atoms with van der Waals surface area (Å²) in [4.78, 5) is 23.9. The minimum Gasteiger partial charge on any atom is -0.479 e. The molecule has 7 heteroatoms. The molecule has 0 aliphatic carbocycles. The molecule has 4 N–H and O–H groups in total. The number of aliphatic carboxylic acids is 1. The van der Waals surface area contributed by atoms with Crippen molar-refractivity contribution in [2.45, 2.75) is 31.4 Å². The van der Waals surface area contributed by atoms with Gasteiger partial charge in [-0.3, -0.25) is 0 Å². The zero-order valence-corrected chi connectivity index (χ0v) is 10.6. The van der Waals surface area contributed by atoms with Crippen molar-refractivity contribution in [3.05, 3.63) is 0 Å². The lowest BCUT2D eigenvalue weighted by Gasteiger charge is -2.19. The summed E-state index contributed by atoms with van der Waals surface area (Å²) in [7, 11) is 2.03. The van der Waals surface area contributed by atoms with Gasteiger partial charge in [-0.25, -0.2) is 9.59 Å². The molecule has 1 heterocycles. The van der Waals surface area contributed by atoms with E-state index in [2.05, 4.69) is 15.5 Å². The van der Waals surface area contributed by atoms with Gasteiger partial charge in [-0.05, 0) is 26.4 Å². The molecule has 0 spiro atoms. The fourth-order valence-corrected chi connectivity index (χ4v) is 1.96. The molecule has 0 aromatic carbocycles. The number of carbonyl (C=O) groups excluding carboxylic acids is 1. The molecule has 0 saturated carbocycles. The van der Waals surface area contributed by atoms with Crippen LogP contribution in [0.3, 0.4) is 0 Å². The monoisotopic (exact) mass is 259 g/mol. The van der Waals surface area contributed by atoms with E-state index in [0.29, 0.717) is 12.6 Å². The fourth-order valence-electron chi connectivity index (χ4n) is 1.96. The summed E-state index contributed by atoms with van der Waals surface area (Å²) in [6.45, 7) is 1.78. The molecule has 18 heavy (non-hydrogen) atoms. The first-order chi connectivity index (χ1) is 8.50. The average molecular weight is 259 g/mol. The molecule has 1 aliphatic heterocycles. The Kier molecular flexibility index (Phi) is 5.87. The van der Waals surface area contributed by atoms with E-state index in [-0.39, 0.29) is 19.0 Å². The largest absolute Gasteiger partial charge is 0.479 e. The highest BCUT2D eigenvalue weighted by Crippen LogP contribution is 2.13. The van der Waals surface area contributed by atoms with Crippen LogP contribution in [-0.2, 0) is 4.79 Å². The molecule has 1 aliphatic rings. The van der Waals surface area contributed by atoms with Crippen LogP contribution in [0.15, 0.2) is 0 Å². The maximum atomic E-state index is 11.4. The van der Waals surface area contributed by atoms with Crippen molar-refractivity contribution in [2.75, 3.05) is 26.7 Å². The van der Waals surface area contributed by atoms with Gasteiger partial charge in [0.25, 0.3) is 0 Å². The van der Waals surface area contributed by atoms with Crippen molar-refractivity contribution in [2.24, 2.45) is 0 Å². The van der Waals surface area contributed by atoms with Crippen LogP contribution in [0, 0.1) is 0 Å². The predicted octanol–water partition coefficient (Wildman–Crippen LogP) is -0.785. The SMILES string of the molecule is CN1CCCC1CNC(=O)NCCC(O)C(=O)O. The Balaban J connectivity index is 2.08. The highest BCUT2D eigenvalue weighted by Gasteiger charge is 2.21. The summed E-state index contributed by atoms with van der Waals surface area (Å²) in [5, 5.41) is 22.7. The van der Waals surface area contributed by atoms with Gasteiger partial charge >= 0.3 is 12.0 Å². The minimum absolute atomic E-state index is 0.00604. The quantitative estimate of drug-likeness (QED) is 0.501. The molecule has 1 saturated heterocycles. The van der Waals surface area contributed by atoms with E-state index in [9.17, 15) is 9.59 Å². The fraction of sp³-hybridized carbons (Fsp3) is 0.818. The number of nitrogens with zero attached hydrogens (tertiary/aromatic N) is 1. The standard InChI is InChI=1S/C11H21N3O4/c1-14-6-2-3-8(14)7-13-11(18)12-5-4-9(15)10(16)17/h8-9,15H,2-7H2,1H3,(H,16,17)(H2,12,13,18). The topological polar surface area (TPSA) is 102 Å². The number of carboxylic acids is 1. The molecule has 2 atom stereocenters. The molecular formula is C11H21N3O4. The summed E-state index contributed by atoms with van der Waals surface area (Å²) < 4.78 is 0. The second-order valence-corrected chi connectivity index (χ2v) is 4.56. The molecule has 1 rings (SSSR count). The van der Waals surface area contributed by atoms with Gasteiger partial charge in [0.15, 0.2) is 6.10 Å². The summed E-state index contributed by atoms with van der Waals surface area (Å²) in [6.07, 6.45) is 0.807. The number of hydrogen-bond donors (Lipinski definition) is 4. The smallest absolute Gasteiger partial charge is 0.332 e. The Hall–Kier alpha value is -1.34. The third-order valence-corrected chi connectivity index (χ3v) is 3.16. The van der Waals surface area contributed by atoms with Crippen LogP contribution in [0.25, 0.3) is 0 Å². The number of carboxylic acid groups (broad SMARTS) is 1. The van der Waals surface area contributed by atoms with E-state index in [1.54, 1.807) is 0 Å². The molecule has 7 nitrogen and oxygen atoms in total. The molecule has 2 unspecified atom stereocenters. The first kappa shape index (κ1) is 14.7. The van der Waals surface area contributed by atoms with Crippen molar-refractivity contribution in [1.29, 1.82) is 0 Å². The minimum atomic E-state index is -1.42. The van der Waals surface area contributed by atoms with E-state index >= 15 is 0 Å². The van der Waals surface area contributed by atoms with Crippen molar-refractivity contribution >= 4 is 12.0 Å². The number of aliphatic hydroxyl groups excluding tert-OH is 1. The molecule has 0 aromatic rings. The second kappa shape index (κ2) is 7.17. The number of hydrogen-bond acceptors (Lipinski definition) is 4. The van der Waals surface area contributed by atoms with Gasteiger partial charge in [0.05, 0.1) is 0 Å². The number of amides is 2. The molecule has 2 amide bonds. The Morgan fingerprint density at radius 3 is 2.72 bits per heavy atom. The van der Waals surface area contributed by atoms with Crippen LogP contribution in [0.4, 0.5) is 4.79 Å². The van der Waals surface area contributed by atoms with Crippen molar-refractivity contribution in [1.82, 2.24) is 15.5 Å². The molecular weight excluding hydrogens is 238 g/mol. The third kappa shape index (κ3) is 4.89. The van der Waals surface area contributed by atoms with Gasteiger partial charge in [-0.2, -0.15) is 0 Å². The molecule has 0 bridgehead atoms. The maximum absolute atomic E-state index is 11.4. The number of nitrogens with one attached hydrogen (secondary N) is 2. The predicted molar refractivity (Wildman–Crippen MR) is 65.3 cm³/mol. The Morgan fingerprint density at radius 1 is 1.44 bits per heavy atom. The van der Waals surface area contributed by atoms with Crippen LogP contribution in [0.1, 0.15) is 19.3 Å². The Bertz CT molecular complexity index is 298. The van der Waals surface area contributed by atoms with E-state index in [0.717, 1.165) is 19.4 Å². The van der Waals surface area contributed by atoms with E-state index in [1.165, 1.54) is 0 Å². The number of rotatable bonds is 6. The van der Waals surface area contributed by atoms with Crippen molar-refractivity contribution in [3.63, 3.8) is 0 Å². The van der Waals surface area contributed by atoms with Crippen LogP contribution in [0.2, 0.25) is 0 Å². The number of carbonyl (C=O) groups is 2. The lowest BCUT2D eigenvalue weighted by atomic mass is 10.2. The van der Waals surface area contributed by atoms with Gasteiger partial charge in [-0.1, -0.05) is 0 Å². The highest BCUT2D eigenvalue weighted by atomic mass is 16.4. The summed E-state index contributed by atoms with van der Waals surface area (Å²) >= 11 is 0. The third-order valence-electron chi connectivity index (χ3n) is 3.16. The van der Waals surface area contributed by atoms with Crippen LogP contribution in [0.5, 0.6) is 0 Å². The van der Waals surface area contributed by atoms with Crippen LogP contribution in [-0.4, -0.2) is 65.9 Å². The van der Waals surface area contributed by atoms with Gasteiger partial charge < -0.3 is 25.7 Å². The number of likely N-dealkylation sites (N-methyl/N-ethyl adjacent to an activating group) is 1. The van der Waals surface area contributed by atoms with E-state index < -0.39 is 12.1 Å². The van der Waals surface area contributed by atoms with Gasteiger partial charge in [0.1, 0.15) is 0 Å².